The lowest BCUT2D eigenvalue weighted by atomic mass is 9.91. The van der Waals surface area contributed by atoms with E-state index < -0.39 is 0 Å². The number of nitrogens with zero attached hydrogens (tertiary/aromatic N) is 1. The summed E-state index contributed by atoms with van der Waals surface area (Å²) in [5.74, 6) is 0.512. The first-order chi connectivity index (χ1) is 7.75. The van der Waals surface area contributed by atoms with Gasteiger partial charge in [-0.15, -0.1) is 11.3 Å². The highest BCUT2D eigenvalue weighted by Gasteiger charge is 2.19. The van der Waals surface area contributed by atoms with Gasteiger partial charge in [-0.25, -0.2) is 4.98 Å². The van der Waals surface area contributed by atoms with Gasteiger partial charge < -0.3 is 11.1 Å². The molecule has 0 saturated heterocycles. The maximum atomic E-state index is 5.98. The number of hydrogen-bond donors (Lipinski definition) is 2. The molecule has 1 aliphatic carbocycles. The topological polar surface area (TPSA) is 50.9 Å². The molecule has 1 saturated carbocycles. The summed E-state index contributed by atoms with van der Waals surface area (Å²) in [6.45, 7) is 3.25. The van der Waals surface area contributed by atoms with Crippen LogP contribution >= 0.6 is 11.3 Å². The van der Waals surface area contributed by atoms with E-state index in [1.54, 1.807) is 11.3 Å². The summed E-state index contributed by atoms with van der Waals surface area (Å²) in [6, 6.07) is 1.02. The molecule has 0 aromatic carbocycles. The third-order valence-electron chi connectivity index (χ3n) is 3.30. The third-order valence-corrected chi connectivity index (χ3v) is 4.31. The van der Waals surface area contributed by atoms with Crippen molar-refractivity contribution in [3.63, 3.8) is 0 Å². The Morgan fingerprint density at radius 3 is 3.19 bits per heavy atom. The Hall–Kier alpha value is -0.450. The molecule has 4 heteroatoms. The zero-order chi connectivity index (χ0) is 11.4. The molecule has 3 N–H and O–H groups in total. The second-order valence-electron chi connectivity index (χ2n) is 4.80. The zero-order valence-corrected chi connectivity index (χ0v) is 10.7. The Bertz CT molecular complexity index is 299. The minimum Gasteiger partial charge on any atom is -0.328 e. The van der Waals surface area contributed by atoms with Gasteiger partial charge >= 0.3 is 0 Å². The van der Waals surface area contributed by atoms with Crippen LogP contribution in [0.15, 0.2) is 11.6 Å². The van der Waals surface area contributed by atoms with Gasteiger partial charge in [0.05, 0.1) is 5.01 Å². The molecule has 0 bridgehead atoms. The van der Waals surface area contributed by atoms with Crippen molar-refractivity contribution in [1.82, 2.24) is 10.3 Å². The van der Waals surface area contributed by atoms with E-state index in [1.165, 1.54) is 24.3 Å². The largest absolute Gasteiger partial charge is 0.328 e. The second-order valence-corrected chi connectivity index (χ2v) is 5.73. The third kappa shape index (κ3) is 3.27. The number of rotatable bonds is 4. The lowest BCUT2D eigenvalue weighted by Gasteiger charge is -2.28. The first-order valence-electron chi connectivity index (χ1n) is 6.14. The monoisotopic (exact) mass is 239 g/mol. The Kier molecular flexibility index (Phi) is 4.32. The summed E-state index contributed by atoms with van der Waals surface area (Å²) in [4.78, 5) is 4.35. The molecule has 1 aliphatic rings. The van der Waals surface area contributed by atoms with E-state index in [0.29, 0.717) is 18.0 Å². The zero-order valence-electron chi connectivity index (χ0n) is 9.86. The van der Waals surface area contributed by atoms with Crippen LogP contribution in [-0.4, -0.2) is 23.6 Å². The predicted octanol–water partition coefficient (Wildman–Crippen LogP) is 2.11. The molecule has 0 radical (unpaired) electrons. The van der Waals surface area contributed by atoms with E-state index in [9.17, 15) is 0 Å². The molecule has 3 atom stereocenters. The van der Waals surface area contributed by atoms with E-state index in [-0.39, 0.29) is 0 Å². The van der Waals surface area contributed by atoms with Gasteiger partial charge in [0.15, 0.2) is 0 Å². The van der Waals surface area contributed by atoms with Crippen LogP contribution in [-0.2, 0) is 0 Å². The lowest BCUT2D eigenvalue weighted by molar-refractivity contribution is 0.335. The van der Waals surface area contributed by atoms with Gasteiger partial charge in [0, 0.05) is 36.1 Å². The maximum Gasteiger partial charge on any atom is 0.0965 e. The smallest absolute Gasteiger partial charge is 0.0965 e. The number of aromatic nitrogens is 1. The van der Waals surface area contributed by atoms with Crippen LogP contribution in [0.3, 0.4) is 0 Å². The van der Waals surface area contributed by atoms with Crippen molar-refractivity contribution in [3.8, 4) is 0 Å². The van der Waals surface area contributed by atoms with Crippen molar-refractivity contribution >= 4 is 11.3 Å². The van der Waals surface area contributed by atoms with Gasteiger partial charge in [0.25, 0.3) is 0 Å². The van der Waals surface area contributed by atoms with Crippen molar-refractivity contribution in [2.24, 2.45) is 5.73 Å². The van der Waals surface area contributed by atoms with Crippen LogP contribution < -0.4 is 11.1 Å². The second kappa shape index (κ2) is 5.75. The van der Waals surface area contributed by atoms with E-state index >= 15 is 0 Å². The normalized spacial score (nSPS) is 27.9. The average Bonchev–Trinajstić information content (AvgIpc) is 2.79. The Labute approximate surface area is 101 Å². The lowest BCUT2D eigenvalue weighted by Crippen LogP contribution is -2.40. The molecule has 16 heavy (non-hydrogen) atoms. The van der Waals surface area contributed by atoms with E-state index in [1.807, 2.05) is 11.6 Å². The van der Waals surface area contributed by atoms with Crippen molar-refractivity contribution in [3.05, 3.63) is 16.6 Å². The molecule has 1 fully saturated rings. The standard InChI is InChI=1S/C12H21N3S/c1-9(12-14-5-6-16-12)8-15-11-4-2-3-10(13)7-11/h5-6,9-11,15H,2-4,7-8,13H2,1H3. The molecule has 1 aromatic heterocycles. The van der Waals surface area contributed by atoms with Gasteiger partial charge in [0.2, 0.25) is 0 Å². The van der Waals surface area contributed by atoms with Gasteiger partial charge in [0.1, 0.15) is 0 Å². The predicted molar refractivity (Wildman–Crippen MR) is 68.8 cm³/mol. The van der Waals surface area contributed by atoms with Gasteiger partial charge in [-0.3, -0.25) is 0 Å². The van der Waals surface area contributed by atoms with Crippen LogP contribution in [0, 0.1) is 0 Å². The number of nitrogens with two attached hydrogens (primary N) is 1. The van der Waals surface area contributed by atoms with Crippen LogP contribution in [0.4, 0.5) is 0 Å². The fourth-order valence-electron chi connectivity index (χ4n) is 2.32. The minimum atomic E-state index is 0.404. The molecule has 90 valence electrons. The highest BCUT2D eigenvalue weighted by Crippen LogP contribution is 2.20. The summed E-state index contributed by atoms with van der Waals surface area (Å²) in [6.07, 6.45) is 6.75. The molecule has 0 amide bonds. The van der Waals surface area contributed by atoms with Crippen molar-refractivity contribution in [2.45, 2.75) is 50.6 Å². The van der Waals surface area contributed by atoms with Crippen molar-refractivity contribution in [2.75, 3.05) is 6.54 Å². The van der Waals surface area contributed by atoms with E-state index in [0.717, 1.165) is 13.0 Å². The minimum absolute atomic E-state index is 0.404. The van der Waals surface area contributed by atoms with E-state index in [2.05, 4.69) is 17.2 Å². The molecule has 0 aliphatic heterocycles. The number of thiazole rings is 1. The summed E-state index contributed by atoms with van der Waals surface area (Å²) >= 11 is 1.74. The van der Waals surface area contributed by atoms with Gasteiger partial charge in [-0.2, -0.15) is 0 Å². The first-order valence-corrected chi connectivity index (χ1v) is 7.02. The van der Waals surface area contributed by atoms with Crippen LogP contribution in [0.25, 0.3) is 0 Å². The molecule has 3 unspecified atom stereocenters. The van der Waals surface area contributed by atoms with Gasteiger partial charge in [-0.1, -0.05) is 13.3 Å². The highest BCUT2D eigenvalue weighted by molar-refractivity contribution is 7.09. The Balaban J connectivity index is 1.74. The molecule has 3 nitrogen and oxygen atoms in total. The van der Waals surface area contributed by atoms with Crippen molar-refractivity contribution in [1.29, 1.82) is 0 Å². The highest BCUT2D eigenvalue weighted by atomic mass is 32.1. The Morgan fingerprint density at radius 2 is 2.50 bits per heavy atom. The molecule has 1 heterocycles. The summed E-state index contributed by atoms with van der Waals surface area (Å²) < 4.78 is 0. The average molecular weight is 239 g/mol. The number of hydrogen-bond acceptors (Lipinski definition) is 4. The fourth-order valence-corrected chi connectivity index (χ4v) is 3.02. The maximum absolute atomic E-state index is 5.98. The molecule has 1 aromatic rings. The molecule has 0 spiro atoms. The summed E-state index contributed by atoms with van der Waals surface area (Å²) in [5.41, 5.74) is 5.98. The molecule has 2 rings (SSSR count). The fraction of sp³-hybridized carbons (Fsp3) is 0.750. The SMILES string of the molecule is CC(CNC1CCCC(N)C1)c1nccs1. The number of nitrogens with one attached hydrogen (secondary N) is 1. The van der Waals surface area contributed by atoms with Gasteiger partial charge in [-0.05, 0) is 19.3 Å². The van der Waals surface area contributed by atoms with Crippen LogP contribution in [0.2, 0.25) is 0 Å². The summed E-state index contributed by atoms with van der Waals surface area (Å²) in [7, 11) is 0. The molecular weight excluding hydrogens is 218 g/mol. The quantitative estimate of drug-likeness (QED) is 0.846. The van der Waals surface area contributed by atoms with Crippen LogP contribution in [0.1, 0.15) is 43.5 Å². The summed E-state index contributed by atoms with van der Waals surface area (Å²) in [5, 5.41) is 6.90. The molecular formula is C12H21N3S. The van der Waals surface area contributed by atoms with Crippen LogP contribution in [0.5, 0.6) is 0 Å². The first kappa shape index (κ1) is 12.0. The van der Waals surface area contributed by atoms with Crippen molar-refractivity contribution < 1.29 is 0 Å². The Morgan fingerprint density at radius 1 is 1.62 bits per heavy atom. The van der Waals surface area contributed by atoms with E-state index in [4.69, 9.17) is 5.73 Å².